The topological polar surface area (TPSA) is 66.4 Å². The summed E-state index contributed by atoms with van der Waals surface area (Å²) >= 11 is 13.1. The number of aryl methyl sites for hydroxylation is 1. The lowest BCUT2D eigenvalue weighted by Crippen LogP contribution is -2.32. The Bertz CT molecular complexity index is 1460. The summed E-state index contributed by atoms with van der Waals surface area (Å²) in [4.78, 5) is 23.2. The summed E-state index contributed by atoms with van der Waals surface area (Å²) in [5.74, 6) is -0.500. The van der Waals surface area contributed by atoms with E-state index in [0.717, 1.165) is 48.6 Å². The van der Waals surface area contributed by atoms with Crippen molar-refractivity contribution in [1.29, 1.82) is 0 Å². The number of fused-ring (bicyclic) bond motifs is 1. The van der Waals surface area contributed by atoms with Crippen LogP contribution in [0.25, 0.3) is 5.57 Å². The van der Waals surface area contributed by atoms with Gasteiger partial charge in [0.2, 0.25) is 0 Å². The molecule has 2 aromatic rings. The zero-order chi connectivity index (χ0) is 24.9. The molecular formula is C29H27Cl2NO3. The van der Waals surface area contributed by atoms with Crippen molar-refractivity contribution in [3.05, 3.63) is 101 Å². The Labute approximate surface area is 214 Å². The second-order valence-corrected chi connectivity index (χ2v) is 10.8. The summed E-state index contributed by atoms with van der Waals surface area (Å²) in [5, 5.41) is 14.2. The highest BCUT2D eigenvalue weighted by Crippen LogP contribution is 2.51. The molecule has 3 aliphatic rings. The lowest BCUT2D eigenvalue weighted by molar-refractivity contribution is 0.466. The third-order valence-corrected chi connectivity index (χ3v) is 8.02. The maximum Gasteiger partial charge on any atom is 0.271 e. The molecule has 3 aliphatic carbocycles. The van der Waals surface area contributed by atoms with Gasteiger partial charge in [0.15, 0.2) is 5.75 Å². The average Bonchev–Trinajstić information content (AvgIpc) is 3.03. The van der Waals surface area contributed by atoms with Crippen LogP contribution in [-0.2, 0) is 6.42 Å². The second-order valence-electron chi connectivity index (χ2n) is 9.91. The average molecular weight is 508 g/mol. The van der Waals surface area contributed by atoms with Crippen molar-refractivity contribution < 1.29 is 5.11 Å². The van der Waals surface area contributed by atoms with E-state index in [1.807, 2.05) is 18.2 Å². The van der Waals surface area contributed by atoms with Gasteiger partial charge in [-0.15, -0.1) is 0 Å². The maximum absolute atomic E-state index is 11.8. The van der Waals surface area contributed by atoms with Crippen LogP contribution in [0.5, 0.6) is 5.75 Å². The molecule has 4 nitrogen and oxygen atoms in total. The monoisotopic (exact) mass is 507 g/mol. The molecule has 2 aromatic carbocycles. The lowest BCUT2D eigenvalue weighted by Gasteiger charge is -2.35. The number of benzene rings is 1. The van der Waals surface area contributed by atoms with E-state index in [4.69, 9.17) is 23.2 Å². The van der Waals surface area contributed by atoms with E-state index in [0.29, 0.717) is 5.69 Å². The van der Waals surface area contributed by atoms with Crippen molar-refractivity contribution in [1.82, 2.24) is 0 Å². The van der Waals surface area contributed by atoms with Crippen molar-refractivity contribution >= 4 is 40.1 Å². The fourth-order valence-corrected chi connectivity index (χ4v) is 6.02. The van der Waals surface area contributed by atoms with Crippen molar-refractivity contribution in [2.45, 2.75) is 52.4 Å². The SMILES string of the molecule is CC1=CCC(C)(C2=C(C3=C(Cl)C=C(Cl)CC3)CCCc3cc(Nc4c(O)c(=O)c4=O)ccc32)C=C1. The Morgan fingerprint density at radius 3 is 2.51 bits per heavy atom. The molecule has 0 radical (unpaired) electrons. The molecule has 0 bridgehead atoms. The molecule has 0 fully saturated rings. The first-order valence-corrected chi connectivity index (χ1v) is 12.7. The van der Waals surface area contributed by atoms with Crippen LogP contribution in [0.4, 0.5) is 11.4 Å². The highest BCUT2D eigenvalue weighted by molar-refractivity contribution is 6.35. The summed E-state index contributed by atoms with van der Waals surface area (Å²) in [6.45, 7) is 4.40. The van der Waals surface area contributed by atoms with Crippen LogP contribution in [0, 0.1) is 5.41 Å². The molecule has 1 unspecified atom stereocenters. The van der Waals surface area contributed by atoms with Gasteiger partial charge in [0, 0.05) is 21.2 Å². The zero-order valence-corrected chi connectivity index (χ0v) is 21.3. The number of anilines is 2. The molecule has 1 atom stereocenters. The van der Waals surface area contributed by atoms with Crippen LogP contribution in [0.1, 0.15) is 57.1 Å². The normalized spacial score (nSPS) is 22.6. The first kappa shape index (κ1) is 23.9. The van der Waals surface area contributed by atoms with Gasteiger partial charge >= 0.3 is 0 Å². The van der Waals surface area contributed by atoms with Gasteiger partial charge in [-0.1, -0.05) is 60.0 Å². The number of hydrogen-bond acceptors (Lipinski definition) is 4. The molecule has 0 heterocycles. The quantitative estimate of drug-likeness (QED) is 0.431. The van der Waals surface area contributed by atoms with E-state index in [2.05, 4.69) is 43.5 Å². The molecule has 0 saturated heterocycles. The van der Waals surface area contributed by atoms with Gasteiger partial charge in [-0.3, -0.25) is 9.59 Å². The number of hydrogen-bond donors (Lipinski definition) is 2. The largest absolute Gasteiger partial charge is 0.502 e. The van der Waals surface area contributed by atoms with Crippen molar-refractivity contribution in [2.75, 3.05) is 5.32 Å². The molecular weight excluding hydrogens is 481 g/mol. The third kappa shape index (κ3) is 4.23. The molecule has 0 aromatic heterocycles. The highest BCUT2D eigenvalue weighted by Gasteiger charge is 2.34. The molecule has 2 N–H and O–H groups in total. The summed E-state index contributed by atoms with van der Waals surface area (Å²) in [6.07, 6.45) is 13.9. The van der Waals surface area contributed by atoms with Gasteiger partial charge in [-0.25, -0.2) is 0 Å². The molecule has 0 aliphatic heterocycles. The summed E-state index contributed by atoms with van der Waals surface area (Å²) in [7, 11) is 0. The van der Waals surface area contributed by atoms with E-state index >= 15 is 0 Å². The van der Waals surface area contributed by atoms with Crippen molar-refractivity contribution in [3.63, 3.8) is 0 Å². The summed E-state index contributed by atoms with van der Waals surface area (Å²) in [5.41, 5.74) is 6.28. The van der Waals surface area contributed by atoms with Gasteiger partial charge in [-0.2, -0.15) is 0 Å². The predicted molar refractivity (Wildman–Crippen MR) is 144 cm³/mol. The van der Waals surface area contributed by atoms with Gasteiger partial charge in [-0.05, 0) is 91.5 Å². The van der Waals surface area contributed by atoms with Crippen LogP contribution < -0.4 is 16.2 Å². The minimum atomic E-state index is -0.843. The van der Waals surface area contributed by atoms with Crippen molar-refractivity contribution in [3.8, 4) is 5.75 Å². The fraction of sp³-hybridized carbons (Fsp3) is 0.310. The standard InChI is InChI=1S/C29H27Cl2NO3/c1-16-10-12-29(2,13-11-16)24-20-9-7-19(32-25-26(33)28(35)27(25)34)14-17(20)4-3-5-22(24)21-8-6-18(30)15-23(21)31/h7,9-12,14-15,32-33H,3-6,8,13H2,1-2H3. The van der Waals surface area contributed by atoms with Crippen LogP contribution >= 0.6 is 23.2 Å². The highest BCUT2D eigenvalue weighted by atomic mass is 35.5. The number of aromatic hydroxyl groups is 1. The first-order chi connectivity index (χ1) is 16.7. The number of rotatable bonds is 4. The molecule has 0 amide bonds. The molecule has 0 spiro atoms. The Balaban J connectivity index is 1.66. The van der Waals surface area contributed by atoms with Crippen LogP contribution in [0.15, 0.2) is 78.9 Å². The van der Waals surface area contributed by atoms with E-state index < -0.39 is 16.6 Å². The molecule has 6 heteroatoms. The Hall–Kier alpha value is -2.82. The van der Waals surface area contributed by atoms with Gasteiger partial charge < -0.3 is 10.4 Å². The number of halogens is 2. The van der Waals surface area contributed by atoms with E-state index in [1.165, 1.54) is 33.4 Å². The molecule has 35 heavy (non-hydrogen) atoms. The Morgan fingerprint density at radius 1 is 1.03 bits per heavy atom. The van der Waals surface area contributed by atoms with Crippen LogP contribution in [-0.4, -0.2) is 5.11 Å². The molecule has 180 valence electrons. The van der Waals surface area contributed by atoms with E-state index in [1.54, 1.807) is 0 Å². The Morgan fingerprint density at radius 2 is 1.83 bits per heavy atom. The predicted octanol–water partition coefficient (Wildman–Crippen LogP) is 7.14. The van der Waals surface area contributed by atoms with Crippen molar-refractivity contribution in [2.24, 2.45) is 5.41 Å². The molecule has 0 saturated carbocycles. The number of nitrogens with one attached hydrogen (secondary N) is 1. The van der Waals surface area contributed by atoms with E-state index in [9.17, 15) is 14.7 Å². The summed E-state index contributed by atoms with van der Waals surface area (Å²) in [6, 6.07) is 6.02. The fourth-order valence-electron chi connectivity index (χ4n) is 5.42. The Kier molecular flexibility index (Phi) is 6.14. The summed E-state index contributed by atoms with van der Waals surface area (Å²) < 4.78 is 0. The third-order valence-electron chi connectivity index (χ3n) is 7.39. The second kappa shape index (κ2) is 9.00. The molecule has 5 rings (SSSR count). The van der Waals surface area contributed by atoms with E-state index in [-0.39, 0.29) is 11.1 Å². The van der Waals surface area contributed by atoms with Gasteiger partial charge in [0.05, 0.1) is 0 Å². The minimum absolute atomic E-state index is 0.0365. The number of allylic oxidation sites excluding steroid dienone is 10. The lowest BCUT2D eigenvalue weighted by atomic mass is 9.69. The van der Waals surface area contributed by atoms with Crippen LogP contribution in [0.3, 0.4) is 0 Å². The van der Waals surface area contributed by atoms with Gasteiger partial charge in [0.25, 0.3) is 10.9 Å². The minimum Gasteiger partial charge on any atom is -0.502 e. The smallest absolute Gasteiger partial charge is 0.271 e. The maximum atomic E-state index is 11.8. The zero-order valence-electron chi connectivity index (χ0n) is 19.8. The first-order valence-electron chi connectivity index (χ1n) is 12.0. The van der Waals surface area contributed by atoms with Crippen LogP contribution in [0.2, 0.25) is 0 Å². The van der Waals surface area contributed by atoms with Gasteiger partial charge in [0.1, 0.15) is 5.69 Å².